The van der Waals surface area contributed by atoms with Crippen LogP contribution in [0.4, 0.5) is 13.2 Å². The Labute approximate surface area is 134 Å². The second-order valence-corrected chi connectivity index (χ2v) is 5.54. The molecule has 1 aliphatic heterocycles. The molecule has 24 heavy (non-hydrogen) atoms. The average molecular weight is 344 g/mol. The van der Waals surface area contributed by atoms with Crippen LogP contribution in [0.5, 0.6) is 5.88 Å². The molecule has 0 aromatic carbocycles. The number of imidazole rings is 1. The van der Waals surface area contributed by atoms with Crippen LogP contribution in [0.1, 0.15) is 28.5 Å². The summed E-state index contributed by atoms with van der Waals surface area (Å²) < 4.78 is 49.2. The fraction of sp³-hybridized carbons (Fsp3) is 0.500. The van der Waals surface area contributed by atoms with Gasteiger partial charge < -0.3 is 19.1 Å². The highest BCUT2D eigenvalue weighted by molar-refractivity contribution is 5.91. The number of hydrogen-bond acceptors (Lipinski definition) is 5. The van der Waals surface area contributed by atoms with Gasteiger partial charge in [-0.1, -0.05) is 0 Å². The number of hydrogen-bond donors (Lipinski definition) is 1. The van der Waals surface area contributed by atoms with Gasteiger partial charge in [0.15, 0.2) is 5.69 Å². The summed E-state index contributed by atoms with van der Waals surface area (Å²) in [6.07, 6.45) is -2.34. The Bertz CT molecular complexity index is 738. The highest BCUT2D eigenvalue weighted by atomic mass is 19.4. The van der Waals surface area contributed by atoms with Gasteiger partial charge in [-0.3, -0.25) is 4.79 Å². The van der Waals surface area contributed by atoms with Crippen molar-refractivity contribution in [3.63, 3.8) is 0 Å². The quantitative estimate of drug-likeness (QED) is 0.916. The molecule has 10 heteroatoms. The standard InChI is InChI=1S/C14H15F3N4O3/c1-23-12-4-9(24-20-12)13(22)18-5-8-2-3-11-19-10(14(15,16)17)7-21(11)6-8/h4,7-8H,2-3,5-6H2,1H3,(H,18,22)/t8-/m0/s1. The fourth-order valence-electron chi connectivity index (χ4n) is 2.60. The van der Waals surface area contributed by atoms with Gasteiger partial charge in [0.1, 0.15) is 5.82 Å². The third-order valence-corrected chi connectivity index (χ3v) is 3.85. The van der Waals surface area contributed by atoms with Crippen molar-refractivity contribution >= 4 is 5.91 Å². The number of fused-ring (bicyclic) bond motifs is 1. The smallest absolute Gasteiger partial charge is 0.434 e. The zero-order valence-corrected chi connectivity index (χ0v) is 12.8. The minimum atomic E-state index is -4.45. The maximum Gasteiger partial charge on any atom is 0.434 e. The summed E-state index contributed by atoms with van der Waals surface area (Å²) in [5.41, 5.74) is -0.879. The lowest BCUT2D eigenvalue weighted by Gasteiger charge is -2.23. The van der Waals surface area contributed by atoms with E-state index >= 15 is 0 Å². The van der Waals surface area contributed by atoms with Crippen LogP contribution in [-0.2, 0) is 19.1 Å². The molecule has 2 aromatic heterocycles. The van der Waals surface area contributed by atoms with E-state index in [1.807, 2.05) is 0 Å². The molecule has 1 N–H and O–H groups in total. The van der Waals surface area contributed by atoms with Crippen molar-refractivity contribution in [2.45, 2.75) is 25.6 Å². The minimum Gasteiger partial charge on any atom is -0.479 e. The van der Waals surface area contributed by atoms with E-state index in [1.165, 1.54) is 17.7 Å². The monoisotopic (exact) mass is 344 g/mol. The third-order valence-electron chi connectivity index (χ3n) is 3.85. The lowest BCUT2D eigenvalue weighted by Crippen LogP contribution is -2.33. The lowest BCUT2D eigenvalue weighted by atomic mass is 9.99. The number of aryl methyl sites for hydroxylation is 1. The predicted molar refractivity (Wildman–Crippen MR) is 74.4 cm³/mol. The van der Waals surface area contributed by atoms with Crippen molar-refractivity contribution in [2.24, 2.45) is 5.92 Å². The number of halogens is 3. The van der Waals surface area contributed by atoms with Gasteiger partial charge in [-0.2, -0.15) is 13.2 Å². The Balaban J connectivity index is 1.58. The van der Waals surface area contributed by atoms with Crippen molar-refractivity contribution in [2.75, 3.05) is 13.7 Å². The molecule has 0 unspecified atom stereocenters. The van der Waals surface area contributed by atoms with Crippen LogP contribution >= 0.6 is 0 Å². The first-order valence-corrected chi connectivity index (χ1v) is 7.29. The zero-order valence-electron chi connectivity index (χ0n) is 12.8. The van der Waals surface area contributed by atoms with E-state index in [-0.39, 0.29) is 17.6 Å². The molecule has 1 amide bonds. The Hall–Kier alpha value is -2.52. The highest BCUT2D eigenvalue weighted by Crippen LogP contribution is 2.30. The number of alkyl halides is 3. The highest BCUT2D eigenvalue weighted by Gasteiger charge is 2.35. The van der Waals surface area contributed by atoms with E-state index in [0.29, 0.717) is 31.8 Å². The van der Waals surface area contributed by atoms with E-state index < -0.39 is 17.8 Å². The third kappa shape index (κ3) is 3.36. The summed E-state index contributed by atoms with van der Waals surface area (Å²) in [6.45, 7) is 0.694. The Morgan fingerprint density at radius 3 is 3.00 bits per heavy atom. The van der Waals surface area contributed by atoms with Crippen molar-refractivity contribution in [3.8, 4) is 5.88 Å². The molecule has 0 aliphatic carbocycles. The lowest BCUT2D eigenvalue weighted by molar-refractivity contribution is -0.141. The van der Waals surface area contributed by atoms with Crippen molar-refractivity contribution in [1.82, 2.24) is 20.0 Å². The molecule has 130 valence electrons. The Kier molecular flexibility index (Phi) is 4.20. The predicted octanol–water partition coefficient (Wildman–Crippen LogP) is 1.89. The molecule has 7 nitrogen and oxygen atoms in total. The van der Waals surface area contributed by atoms with Gasteiger partial charge in [0.05, 0.1) is 13.2 Å². The number of ether oxygens (including phenoxy) is 1. The molecule has 1 atom stereocenters. The summed E-state index contributed by atoms with van der Waals surface area (Å²) in [6, 6.07) is 1.36. The van der Waals surface area contributed by atoms with Crippen molar-refractivity contribution < 1.29 is 27.2 Å². The number of amides is 1. The maximum absolute atomic E-state index is 12.7. The normalized spacial score (nSPS) is 17.4. The second kappa shape index (κ2) is 6.17. The molecule has 0 saturated heterocycles. The summed E-state index contributed by atoms with van der Waals surface area (Å²) in [7, 11) is 1.40. The number of methoxy groups -OCH3 is 1. The number of aromatic nitrogens is 3. The van der Waals surface area contributed by atoms with E-state index in [9.17, 15) is 18.0 Å². The summed E-state index contributed by atoms with van der Waals surface area (Å²) in [4.78, 5) is 15.6. The Morgan fingerprint density at radius 2 is 2.33 bits per heavy atom. The largest absolute Gasteiger partial charge is 0.479 e. The van der Waals surface area contributed by atoms with Gasteiger partial charge >= 0.3 is 6.18 Å². The van der Waals surface area contributed by atoms with Crippen LogP contribution in [0.25, 0.3) is 0 Å². The van der Waals surface area contributed by atoms with Crippen LogP contribution in [0.3, 0.4) is 0 Å². The molecule has 2 aromatic rings. The Morgan fingerprint density at radius 1 is 1.54 bits per heavy atom. The SMILES string of the molecule is COc1cc(C(=O)NC[C@@H]2CCc3nc(C(F)(F)F)cn3C2)on1. The van der Waals surface area contributed by atoms with Gasteiger partial charge in [-0.05, 0) is 17.5 Å². The van der Waals surface area contributed by atoms with Crippen LogP contribution in [-0.4, -0.2) is 34.3 Å². The zero-order chi connectivity index (χ0) is 17.3. The van der Waals surface area contributed by atoms with Gasteiger partial charge in [0, 0.05) is 25.7 Å². The van der Waals surface area contributed by atoms with Crippen molar-refractivity contribution in [3.05, 3.63) is 29.5 Å². The minimum absolute atomic E-state index is 0.0153. The number of nitrogens with one attached hydrogen (secondary N) is 1. The molecular formula is C14H15F3N4O3. The number of carbonyl (C=O) groups is 1. The first-order chi connectivity index (χ1) is 11.4. The van der Waals surface area contributed by atoms with Gasteiger partial charge in [0.25, 0.3) is 11.8 Å². The molecule has 0 spiro atoms. The van der Waals surface area contributed by atoms with Crippen LogP contribution < -0.4 is 10.1 Å². The molecule has 3 rings (SSSR count). The molecule has 0 radical (unpaired) electrons. The molecule has 3 heterocycles. The molecule has 0 bridgehead atoms. The van der Waals surface area contributed by atoms with E-state index in [4.69, 9.17) is 9.26 Å². The maximum atomic E-state index is 12.7. The van der Waals surface area contributed by atoms with E-state index in [2.05, 4.69) is 15.5 Å². The summed E-state index contributed by atoms with van der Waals surface area (Å²) in [5.74, 6) is 0.204. The van der Waals surface area contributed by atoms with E-state index in [1.54, 1.807) is 0 Å². The molecular weight excluding hydrogens is 329 g/mol. The first-order valence-electron chi connectivity index (χ1n) is 7.29. The van der Waals surface area contributed by atoms with Gasteiger partial charge in [0.2, 0.25) is 5.76 Å². The number of carbonyl (C=O) groups excluding carboxylic acids is 1. The fourth-order valence-corrected chi connectivity index (χ4v) is 2.60. The number of nitrogens with zero attached hydrogens (tertiary/aromatic N) is 3. The molecule has 0 fully saturated rings. The first kappa shape index (κ1) is 16.3. The summed E-state index contributed by atoms with van der Waals surface area (Å²) in [5, 5.41) is 6.22. The molecule has 1 aliphatic rings. The second-order valence-electron chi connectivity index (χ2n) is 5.54. The van der Waals surface area contributed by atoms with Crippen LogP contribution in [0.2, 0.25) is 0 Å². The average Bonchev–Trinajstić information content (AvgIpc) is 3.18. The van der Waals surface area contributed by atoms with E-state index in [0.717, 1.165) is 6.20 Å². The van der Waals surface area contributed by atoms with Crippen LogP contribution in [0, 0.1) is 5.92 Å². The van der Waals surface area contributed by atoms with Crippen molar-refractivity contribution in [1.29, 1.82) is 0 Å². The number of rotatable bonds is 4. The molecule has 0 saturated carbocycles. The van der Waals surface area contributed by atoms with Gasteiger partial charge in [-0.15, -0.1) is 0 Å². The summed E-state index contributed by atoms with van der Waals surface area (Å²) >= 11 is 0. The van der Waals surface area contributed by atoms with Crippen LogP contribution in [0.15, 0.2) is 16.8 Å². The topological polar surface area (TPSA) is 82.2 Å². The van der Waals surface area contributed by atoms with Gasteiger partial charge in [-0.25, -0.2) is 4.98 Å².